The molecule has 0 aliphatic carbocycles. The van der Waals surface area contributed by atoms with Crippen LogP contribution in [-0.4, -0.2) is 46.4 Å². The number of phenols is 1. The third kappa shape index (κ3) is 3.92. The fourth-order valence-corrected chi connectivity index (χ4v) is 3.17. The zero-order chi connectivity index (χ0) is 18.7. The van der Waals surface area contributed by atoms with Gasteiger partial charge in [0.25, 0.3) is 6.43 Å². The fourth-order valence-electron chi connectivity index (χ4n) is 3.17. The highest BCUT2D eigenvalue weighted by molar-refractivity contribution is 5.71. The predicted octanol–water partition coefficient (Wildman–Crippen LogP) is 3.27. The highest BCUT2D eigenvalue weighted by Gasteiger charge is 2.22. The monoisotopic (exact) mass is 358 g/mol. The predicted molar refractivity (Wildman–Crippen MR) is 96.2 cm³/mol. The van der Waals surface area contributed by atoms with Crippen LogP contribution >= 0.6 is 0 Å². The van der Waals surface area contributed by atoms with Gasteiger partial charge >= 0.3 is 0 Å². The fraction of sp³-hybridized carbons (Fsp3) is 0.368. The van der Waals surface area contributed by atoms with Gasteiger partial charge in [-0.15, -0.1) is 16.6 Å². The Kier molecular flexibility index (Phi) is 5.33. The summed E-state index contributed by atoms with van der Waals surface area (Å²) in [6, 6.07) is 5.83. The molecule has 1 atom stereocenters. The number of likely N-dealkylation sites (tertiary alicyclic amines) is 1. The molecule has 2 N–H and O–H groups in total. The lowest BCUT2D eigenvalue weighted by Crippen LogP contribution is -2.39. The number of phenolic OH excluding ortho intramolecular Hbond substituents is 1. The molecule has 2 aromatic rings. The van der Waals surface area contributed by atoms with Crippen LogP contribution in [0.5, 0.6) is 5.75 Å². The van der Waals surface area contributed by atoms with Crippen molar-refractivity contribution in [3.05, 3.63) is 35.4 Å². The summed E-state index contributed by atoms with van der Waals surface area (Å²) in [6.45, 7) is 1.85. The number of halogens is 2. The van der Waals surface area contributed by atoms with Gasteiger partial charge in [0, 0.05) is 29.3 Å². The van der Waals surface area contributed by atoms with Crippen molar-refractivity contribution in [3.63, 3.8) is 0 Å². The van der Waals surface area contributed by atoms with Crippen LogP contribution in [0.25, 0.3) is 11.3 Å². The van der Waals surface area contributed by atoms with Gasteiger partial charge in [-0.05, 0) is 50.7 Å². The van der Waals surface area contributed by atoms with Crippen LogP contribution in [0.2, 0.25) is 0 Å². The van der Waals surface area contributed by atoms with Crippen LogP contribution in [0.1, 0.15) is 30.4 Å². The van der Waals surface area contributed by atoms with E-state index in [9.17, 15) is 13.9 Å². The first-order chi connectivity index (χ1) is 12.5. The van der Waals surface area contributed by atoms with Gasteiger partial charge in [0.05, 0.1) is 0 Å². The van der Waals surface area contributed by atoms with Gasteiger partial charge in [-0.25, -0.2) is 8.78 Å². The van der Waals surface area contributed by atoms with E-state index in [4.69, 9.17) is 6.42 Å². The van der Waals surface area contributed by atoms with E-state index in [1.165, 1.54) is 18.2 Å². The van der Waals surface area contributed by atoms with Crippen molar-refractivity contribution in [1.29, 1.82) is 0 Å². The number of nitrogens with zero attached hydrogens (tertiary/aromatic N) is 3. The Morgan fingerprint density at radius 2 is 2.15 bits per heavy atom. The summed E-state index contributed by atoms with van der Waals surface area (Å²) < 4.78 is 27.2. The number of aromatic nitrogens is 2. The number of piperidine rings is 1. The number of rotatable bonds is 4. The molecule has 0 radical (unpaired) electrons. The zero-order valence-electron chi connectivity index (χ0n) is 14.4. The Balaban J connectivity index is 1.91. The SMILES string of the molecule is C#Cc1ccc(-c2nnc(N[C@@H]3CCCN(C)C3)cc2C(F)F)c(O)c1. The molecule has 0 saturated carbocycles. The molecular formula is C19H20F2N4O. The van der Waals surface area contributed by atoms with E-state index in [-0.39, 0.29) is 28.6 Å². The van der Waals surface area contributed by atoms with Crippen LogP contribution in [-0.2, 0) is 0 Å². The number of benzene rings is 1. The normalized spacial score (nSPS) is 17.9. The van der Waals surface area contributed by atoms with Crippen molar-refractivity contribution >= 4 is 5.82 Å². The highest BCUT2D eigenvalue weighted by atomic mass is 19.3. The van der Waals surface area contributed by atoms with E-state index < -0.39 is 6.43 Å². The summed E-state index contributed by atoms with van der Waals surface area (Å²) in [4.78, 5) is 2.18. The molecule has 1 saturated heterocycles. The number of nitrogens with one attached hydrogen (secondary N) is 1. The molecule has 1 aromatic heterocycles. The summed E-state index contributed by atoms with van der Waals surface area (Å²) in [6.07, 6.45) is 4.52. The first-order valence-electron chi connectivity index (χ1n) is 8.38. The molecule has 1 aliphatic rings. The average molecular weight is 358 g/mol. The Morgan fingerprint density at radius 3 is 2.81 bits per heavy atom. The van der Waals surface area contributed by atoms with Crippen LogP contribution in [0.3, 0.4) is 0 Å². The maximum absolute atomic E-state index is 13.6. The molecule has 1 aliphatic heterocycles. The van der Waals surface area contributed by atoms with E-state index in [0.717, 1.165) is 25.9 Å². The first-order valence-corrected chi connectivity index (χ1v) is 8.38. The van der Waals surface area contributed by atoms with Gasteiger partial charge in [0.2, 0.25) is 0 Å². The van der Waals surface area contributed by atoms with Crippen molar-refractivity contribution in [2.45, 2.75) is 25.3 Å². The van der Waals surface area contributed by atoms with Gasteiger partial charge in [0.15, 0.2) is 0 Å². The molecule has 136 valence electrons. The molecule has 26 heavy (non-hydrogen) atoms. The number of aromatic hydroxyl groups is 1. The molecule has 3 rings (SSSR count). The lowest BCUT2D eigenvalue weighted by Gasteiger charge is -2.30. The van der Waals surface area contributed by atoms with Crippen molar-refractivity contribution < 1.29 is 13.9 Å². The van der Waals surface area contributed by atoms with E-state index in [0.29, 0.717) is 11.4 Å². The second-order valence-corrected chi connectivity index (χ2v) is 6.46. The Morgan fingerprint density at radius 1 is 1.35 bits per heavy atom. The van der Waals surface area contributed by atoms with Gasteiger partial charge in [-0.3, -0.25) is 0 Å². The minimum Gasteiger partial charge on any atom is -0.507 e. The number of alkyl halides is 2. The summed E-state index contributed by atoms with van der Waals surface area (Å²) in [5, 5.41) is 21.3. The first kappa shape index (κ1) is 18.1. The number of likely N-dealkylation sites (N-methyl/N-ethyl adjacent to an activating group) is 1. The second kappa shape index (κ2) is 7.67. The van der Waals surface area contributed by atoms with Gasteiger partial charge in [-0.1, -0.05) is 5.92 Å². The minimum absolute atomic E-state index is 0.0487. The van der Waals surface area contributed by atoms with E-state index in [1.54, 1.807) is 6.07 Å². The summed E-state index contributed by atoms with van der Waals surface area (Å²) in [5.74, 6) is 2.49. The number of terminal acetylenes is 1. The van der Waals surface area contributed by atoms with Crippen LogP contribution in [0.15, 0.2) is 24.3 Å². The van der Waals surface area contributed by atoms with Crippen molar-refractivity contribution in [2.75, 3.05) is 25.5 Å². The quantitative estimate of drug-likeness (QED) is 0.822. The van der Waals surface area contributed by atoms with Crippen LogP contribution in [0, 0.1) is 12.3 Å². The Hall–Kier alpha value is -2.72. The standard InChI is InChI=1S/C19H20F2N4O/c1-3-12-6-7-14(16(26)9-12)18-15(19(20)21)10-17(23-24-18)22-13-5-4-8-25(2)11-13/h1,6-7,9-10,13,19,26H,4-5,8,11H2,2H3,(H,22,23)/t13-/m1/s1. The Bertz CT molecular complexity index is 835. The lowest BCUT2D eigenvalue weighted by molar-refractivity contribution is 0.151. The van der Waals surface area contributed by atoms with Crippen molar-refractivity contribution in [3.8, 4) is 29.4 Å². The van der Waals surface area contributed by atoms with E-state index in [1.807, 2.05) is 7.05 Å². The third-order valence-electron chi connectivity index (χ3n) is 4.45. The largest absolute Gasteiger partial charge is 0.507 e. The molecule has 2 heterocycles. The topological polar surface area (TPSA) is 61.3 Å². The summed E-state index contributed by atoms with van der Waals surface area (Å²) in [7, 11) is 2.02. The maximum Gasteiger partial charge on any atom is 0.266 e. The molecule has 5 nitrogen and oxygen atoms in total. The lowest BCUT2D eigenvalue weighted by atomic mass is 10.0. The molecule has 0 bridgehead atoms. The molecule has 0 amide bonds. The van der Waals surface area contributed by atoms with E-state index in [2.05, 4.69) is 26.3 Å². The number of anilines is 1. The van der Waals surface area contributed by atoms with Gasteiger partial charge in [0.1, 0.15) is 17.3 Å². The van der Waals surface area contributed by atoms with Gasteiger partial charge in [-0.2, -0.15) is 0 Å². The number of hydrogen-bond acceptors (Lipinski definition) is 5. The molecule has 0 unspecified atom stereocenters. The smallest absolute Gasteiger partial charge is 0.266 e. The molecule has 1 fully saturated rings. The molecule has 1 aromatic carbocycles. The highest BCUT2D eigenvalue weighted by Crippen LogP contribution is 2.35. The zero-order valence-corrected chi connectivity index (χ0v) is 14.4. The minimum atomic E-state index is -2.75. The van der Waals surface area contributed by atoms with Crippen LogP contribution < -0.4 is 5.32 Å². The van der Waals surface area contributed by atoms with E-state index >= 15 is 0 Å². The van der Waals surface area contributed by atoms with Crippen LogP contribution in [0.4, 0.5) is 14.6 Å². The molecule has 0 spiro atoms. The van der Waals surface area contributed by atoms with Crippen molar-refractivity contribution in [1.82, 2.24) is 15.1 Å². The number of hydrogen-bond donors (Lipinski definition) is 2. The molecular weight excluding hydrogens is 338 g/mol. The third-order valence-corrected chi connectivity index (χ3v) is 4.45. The summed E-state index contributed by atoms with van der Waals surface area (Å²) in [5.41, 5.74) is 0.302. The van der Waals surface area contributed by atoms with Crippen molar-refractivity contribution in [2.24, 2.45) is 0 Å². The van der Waals surface area contributed by atoms with Gasteiger partial charge < -0.3 is 15.3 Å². The maximum atomic E-state index is 13.6. The second-order valence-electron chi connectivity index (χ2n) is 6.46. The average Bonchev–Trinajstić information content (AvgIpc) is 2.62. The molecule has 7 heteroatoms. The summed E-state index contributed by atoms with van der Waals surface area (Å²) >= 11 is 0. The Labute approximate surface area is 151 Å².